The van der Waals surface area contributed by atoms with Crippen LogP contribution in [0.15, 0.2) is 27.8 Å². The molecule has 1 heterocycles. The third kappa shape index (κ3) is 3.44. The number of nitrogens with zero attached hydrogens (tertiary/aromatic N) is 1. The van der Waals surface area contributed by atoms with Gasteiger partial charge >= 0.3 is 0 Å². The molecule has 1 aromatic heterocycles. The van der Waals surface area contributed by atoms with Gasteiger partial charge in [0.25, 0.3) is 5.22 Å². The summed E-state index contributed by atoms with van der Waals surface area (Å²) in [5.74, 6) is 1.81. The van der Waals surface area contributed by atoms with Gasteiger partial charge in [-0.15, -0.1) is 0 Å². The predicted molar refractivity (Wildman–Crippen MR) is 84.4 cm³/mol. The number of rotatable bonds is 5. The van der Waals surface area contributed by atoms with Crippen molar-refractivity contribution >= 4 is 11.8 Å². The number of hydrogen-bond acceptors (Lipinski definition) is 4. The Morgan fingerprint density at radius 2 is 2.00 bits per heavy atom. The number of aromatic nitrogens is 1. The molecule has 1 atom stereocenters. The zero-order chi connectivity index (χ0) is 14.7. The second kappa shape index (κ2) is 6.46. The van der Waals surface area contributed by atoms with Crippen molar-refractivity contribution in [3.8, 4) is 0 Å². The van der Waals surface area contributed by atoms with Crippen molar-refractivity contribution in [2.24, 2.45) is 0 Å². The van der Waals surface area contributed by atoms with Gasteiger partial charge in [-0.3, -0.25) is 0 Å². The molecule has 1 unspecified atom stereocenters. The van der Waals surface area contributed by atoms with Gasteiger partial charge in [-0.25, -0.2) is 4.98 Å². The van der Waals surface area contributed by atoms with Crippen molar-refractivity contribution in [2.75, 3.05) is 12.8 Å². The fourth-order valence-electron chi connectivity index (χ4n) is 2.20. The lowest BCUT2D eigenvalue weighted by Gasteiger charge is -2.18. The molecule has 2 aromatic rings. The van der Waals surface area contributed by atoms with Gasteiger partial charge in [0.2, 0.25) is 0 Å². The average Bonchev–Trinajstić information content (AvgIpc) is 2.71. The zero-order valence-electron chi connectivity index (χ0n) is 12.8. The summed E-state index contributed by atoms with van der Waals surface area (Å²) in [6.07, 6.45) is 0. The minimum atomic E-state index is 0.299. The fraction of sp³-hybridized carbons (Fsp3) is 0.438. The number of nitrogens with one attached hydrogen (secondary N) is 1. The van der Waals surface area contributed by atoms with Crippen LogP contribution in [-0.4, -0.2) is 17.8 Å². The number of thioether (sulfide) groups is 1. The average molecular weight is 290 g/mol. The van der Waals surface area contributed by atoms with Gasteiger partial charge in [0.15, 0.2) is 0 Å². The molecule has 0 radical (unpaired) electrons. The Bertz CT molecular complexity index is 573. The van der Waals surface area contributed by atoms with Crippen molar-refractivity contribution in [1.82, 2.24) is 10.3 Å². The largest absolute Gasteiger partial charge is 0.437 e. The predicted octanol–water partition coefficient (Wildman–Crippen LogP) is 3.96. The topological polar surface area (TPSA) is 38.1 Å². The van der Waals surface area contributed by atoms with Crippen LogP contribution in [-0.2, 0) is 0 Å². The minimum absolute atomic E-state index is 0.299. The molecule has 0 fully saturated rings. The van der Waals surface area contributed by atoms with Crippen LogP contribution in [0.3, 0.4) is 0 Å². The molecule has 2 rings (SSSR count). The van der Waals surface area contributed by atoms with Gasteiger partial charge in [0, 0.05) is 11.8 Å². The van der Waals surface area contributed by atoms with E-state index >= 15 is 0 Å². The Kier molecular flexibility index (Phi) is 4.89. The normalized spacial score (nSPS) is 12.7. The Balaban J connectivity index is 2.09. The van der Waals surface area contributed by atoms with Crippen LogP contribution in [0.1, 0.15) is 34.2 Å². The quantitative estimate of drug-likeness (QED) is 0.846. The van der Waals surface area contributed by atoms with E-state index in [0.29, 0.717) is 6.04 Å². The molecule has 0 saturated carbocycles. The summed E-state index contributed by atoms with van der Waals surface area (Å²) < 4.78 is 5.62. The standard InChI is InChI=1S/C16H22N2OS/c1-10-6-7-14(11(2)8-10)15(17-5)9-20-16-18-12(3)13(4)19-16/h6-8,15,17H,9H2,1-5H3. The van der Waals surface area contributed by atoms with Crippen LogP contribution in [0, 0.1) is 27.7 Å². The fourth-order valence-corrected chi connectivity index (χ4v) is 3.25. The first-order chi connectivity index (χ1) is 9.51. The summed E-state index contributed by atoms with van der Waals surface area (Å²) in [4.78, 5) is 4.42. The first kappa shape index (κ1) is 15.1. The Labute approximate surface area is 125 Å². The molecule has 0 bridgehead atoms. The number of aryl methyl sites for hydroxylation is 4. The molecule has 0 saturated heterocycles. The number of oxazole rings is 1. The molecule has 0 spiro atoms. The molecule has 20 heavy (non-hydrogen) atoms. The monoisotopic (exact) mass is 290 g/mol. The van der Waals surface area contributed by atoms with E-state index < -0.39 is 0 Å². The van der Waals surface area contributed by atoms with Crippen molar-refractivity contribution in [2.45, 2.75) is 39.0 Å². The van der Waals surface area contributed by atoms with Gasteiger partial charge in [-0.1, -0.05) is 35.5 Å². The van der Waals surface area contributed by atoms with Crippen molar-refractivity contribution in [3.05, 3.63) is 46.3 Å². The summed E-state index contributed by atoms with van der Waals surface area (Å²) >= 11 is 1.66. The highest BCUT2D eigenvalue weighted by molar-refractivity contribution is 7.99. The van der Waals surface area contributed by atoms with Crippen LogP contribution in [0.5, 0.6) is 0 Å². The van der Waals surface area contributed by atoms with Crippen LogP contribution in [0.4, 0.5) is 0 Å². The van der Waals surface area contributed by atoms with E-state index in [1.807, 2.05) is 20.9 Å². The first-order valence-electron chi connectivity index (χ1n) is 6.82. The highest BCUT2D eigenvalue weighted by atomic mass is 32.2. The van der Waals surface area contributed by atoms with Crippen LogP contribution in [0.25, 0.3) is 0 Å². The molecular formula is C16H22N2OS. The summed E-state index contributed by atoms with van der Waals surface area (Å²) in [7, 11) is 2.00. The first-order valence-corrected chi connectivity index (χ1v) is 7.81. The number of hydrogen-bond donors (Lipinski definition) is 1. The van der Waals surface area contributed by atoms with E-state index in [4.69, 9.17) is 4.42 Å². The summed E-state index contributed by atoms with van der Waals surface area (Å²) in [5, 5.41) is 4.13. The Hall–Kier alpha value is -1.26. The third-order valence-corrected chi connectivity index (χ3v) is 4.45. The molecule has 0 amide bonds. The van der Waals surface area contributed by atoms with Gasteiger partial charge in [-0.05, 0) is 45.9 Å². The van der Waals surface area contributed by atoms with Crippen LogP contribution < -0.4 is 5.32 Å². The van der Waals surface area contributed by atoms with Crippen LogP contribution in [0.2, 0.25) is 0 Å². The van der Waals surface area contributed by atoms with E-state index in [0.717, 1.165) is 22.4 Å². The lowest BCUT2D eigenvalue weighted by Crippen LogP contribution is -2.19. The van der Waals surface area contributed by atoms with E-state index in [1.54, 1.807) is 11.8 Å². The molecule has 1 N–H and O–H groups in total. The lowest BCUT2D eigenvalue weighted by molar-refractivity contribution is 0.430. The second-order valence-corrected chi connectivity index (χ2v) is 6.10. The van der Waals surface area contributed by atoms with Gasteiger partial charge in [-0.2, -0.15) is 0 Å². The van der Waals surface area contributed by atoms with E-state index in [-0.39, 0.29) is 0 Å². The van der Waals surface area contributed by atoms with Crippen molar-refractivity contribution in [3.63, 3.8) is 0 Å². The van der Waals surface area contributed by atoms with Gasteiger partial charge in [0.05, 0.1) is 5.69 Å². The summed E-state index contributed by atoms with van der Waals surface area (Å²) in [6.45, 7) is 8.21. The van der Waals surface area contributed by atoms with Crippen LogP contribution >= 0.6 is 11.8 Å². The molecule has 4 heteroatoms. The number of benzene rings is 1. The highest BCUT2D eigenvalue weighted by Crippen LogP contribution is 2.27. The maximum absolute atomic E-state index is 5.62. The molecule has 0 aliphatic heterocycles. The van der Waals surface area contributed by atoms with E-state index in [2.05, 4.69) is 42.3 Å². The third-order valence-electron chi connectivity index (χ3n) is 3.53. The highest BCUT2D eigenvalue weighted by Gasteiger charge is 2.14. The Morgan fingerprint density at radius 3 is 2.55 bits per heavy atom. The lowest BCUT2D eigenvalue weighted by atomic mass is 10.0. The van der Waals surface area contributed by atoms with Gasteiger partial charge in [0.1, 0.15) is 5.76 Å². The van der Waals surface area contributed by atoms with E-state index in [9.17, 15) is 0 Å². The molecular weight excluding hydrogens is 268 g/mol. The SMILES string of the molecule is CNC(CSc1nc(C)c(C)o1)c1ccc(C)cc1C. The van der Waals surface area contributed by atoms with E-state index in [1.165, 1.54) is 16.7 Å². The zero-order valence-corrected chi connectivity index (χ0v) is 13.6. The summed E-state index contributed by atoms with van der Waals surface area (Å²) in [6, 6.07) is 6.90. The maximum atomic E-state index is 5.62. The maximum Gasteiger partial charge on any atom is 0.256 e. The summed E-state index contributed by atoms with van der Waals surface area (Å²) in [5.41, 5.74) is 4.93. The minimum Gasteiger partial charge on any atom is -0.437 e. The van der Waals surface area contributed by atoms with Gasteiger partial charge < -0.3 is 9.73 Å². The molecule has 108 valence electrons. The van der Waals surface area contributed by atoms with Crippen molar-refractivity contribution in [1.29, 1.82) is 0 Å². The molecule has 3 nitrogen and oxygen atoms in total. The van der Waals surface area contributed by atoms with Crippen molar-refractivity contribution < 1.29 is 4.42 Å². The molecule has 0 aliphatic rings. The second-order valence-electron chi connectivity index (χ2n) is 5.13. The molecule has 0 aliphatic carbocycles. The Morgan fingerprint density at radius 1 is 1.25 bits per heavy atom. The molecule has 1 aromatic carbocycles. The smallest absolute Gasteiger partial charge is 0.256 e.